The Kier molecular flexibility index (Phi) is 7.43. The molecule has 35 heavy (non-hydrogen) atoms. The molecule has 0 unspecified atom stereocenters. The first-order valence-corrected chi connectivity index (χ1v) is 12.9. The molecule has 0 bridgehead atoms. The summed E-state index contributed by atoms with van der Waals surface area (Å²) in [5, 5.41) is 7.60. The fraction of sp³-hybridized carbons (Fsp3) is 0.185. The van der Waals surface area contributed by atoms with Crippen molar-refractivity contribution in [3.8, 4) is 16.9 Å². The van der Waals surface area contributed by atoms with Gasteiger partial charge in [-0.3, -0.25) is 4.79 Å². The van der Waals surface area contributed by atoms with Crippen molar-refractivity contribution in [2.75, 3.05) is 18.4 Å². The highest BCUT2D eigenvalue weighted by Gasteiger charge is 2.26. The van der Waals surface area contributed by atoms with Gasteiger partial charge < -0.3 is 5.32 Å². The second-order valence-corrected chi connectivity index (χ2v) is 10.2. The van der Waals surface area contributed by atoms with Crippen LogP contribution in [-0.2, 0) is 14.8 Å². The summed E-state index contributed by atoms with van der Waals surface area (Å²) in [4.78, 5) is 13.3. The quantitative estimate of drug-likeness (QED) is 0.364. The van der Waals surface area contributed by atoms with Gasteiger partial charge in [0.15, 0.2) is 0 Å². The number of aryl methyl sites for hydroxylation is 1. The Bertz CT molecular complexity index is 1380. The highest BCUT2D eigenvalue weighted by Crippen LogP contribution is 2.25. The van der Waals surface area contributed by atoms with Gasteiger partial charge in [0, 0.05) is 18.2 Å². The fourth-order valence-corrected chi connectivity index (χ4v) is 5.23. The second-order valence-electron chi connectivity index (χ2n) is 8.23. The molecule has 8 heteroatoms. The second kappa shape index (κ2) is 10.7. The predicted molar refractivity (Wildman–Crippen MR) is 138 cm³/mol. The van der Waals surface area contributed by atoms with E-state index in [1.165, 1.54) is 16.4 Å². The molecule has 0 fully saturated rings. The number of sulfonamides is 1. The number of benzene rings is 3. The summed E-state index contributed by atoms with van der Waals surface area (Å²) in [6, 6.07) is 27.4. The summed E-state index contributed by atoms with van der Waals surface area (Å²) in [6.45, 7) is 3.81. The Balaban J connectivity index is 1.63. The van der Waals surface area contributed by atoms with Crippen LogP contribution < -0.4 is 5.32 Å². The molecule has 3 aromatic carbocycles. The van der Waals surface area contributed by atoms with E-state index in [0.717, 1.165) is 16.8 Å². The summed E-state index contributed by atoms with van der Waals surface area (Å²) >= 11 is 0. The van der Waals surface area contributed by atoms with Gasteiger partial charge in [0.2, 0.25) is 15.9 Å². The van der Waals surface area contributed by atoms with Crippen LogP contribution in [0, 0.1) is 6.92 Å². The van der Waals surface area contributed by atoms with E-state index < -0.39 is 15.9 Å². The normalized spacial score (nSPS) is 11.5. The minimum atomic E-state index is -3.81. The van der Waals surface area contributed by atoms with Crippen LogP contribution in [0.1, 0.15) is 18.9 Å². The van der Waals surface area contributed by atoms with Crippen LogP contribution in [0.5, 0.6) is 0 Å². The molecule has 4 aromatic rings. The van der Waals surface area contributed by atoms with Crippen molar-refractivity contribution in [3.05, 3.63) is 96.6 Å². The molecule has 7 nitrogen and oxygen atoms in total. The van der Waals surface area contributed by atoms with Crippen molar-refractivity contribution in [1.82, 2.24) is 14.1 Å². The van der Waals surface area contributed by atoms with E-state index in [-0.39, 0.29) is 18.0 Å². The molecule has 1 heterocycles. The van der Waals surface area contributed by atoms with Crippen molar-refractivity contribution >= 4 is 21.7 Å². The summed E-state index contributed by atoms with van der Waals surface area (Å²) in [6.07, 6.45) is 0.582. The van der Waals surface area contributed by atoms with E-state index in [1.807, 2.05) is 68.4 Å². The predicted octanol–water partition coefficient (Wildman–Crippen LogP) is 4.89. The first kappa shape index (κ1) is 24.4. The maximum atomic E-state index is 13.1. The highest BCUT2D eigenvalue weighted by molar-refractivity contribution is 7.89. The van der Waals surface area contributed by atoms with Gasteiger partial charge in [-0.1, -0.05) is 73.2 Å². The molecule has 0 saturated heterocycles. The molecule has 1 N–H and O–H groups in total. The average Bonchev–Trinajstić information content (AvgIpc) is 3.29. The summed E-state index contributed by atoms with van der Waals surface area (Å²) in [5.41, 5.74) is 3.50. The Labute approximate surface area is 206 Å². The minimum absolute atomic E-state index is 0.164. The molecule has 1 aromatic heterocycles. The van der Waals surface area contributed by atoms with Crippen LogP contribution in [0.4, 0.5) is 5.82 Å². The van der Waals surface area contributed by atoms with Crippen LogP contribution in [0.25, 0.3) is 16.9 Å². The lowest BCUT2D eigenvalue weighted by Crippen LogP contribution is -2.38. The maximum Gasteiger partial charge on any atom is 0.243 e. The molecule has 0 spiro atoms. The van der Waals surface area contributed by atoms with Crippen LogP contribution in [0.3, 0.4) is 0 Å². The molecule has 0 saturated carbocycles. The zero-order chi connectivity index (χ0) is 24.8. The van der Waals surface area contributed by atoms with E-state index >= 15 is 0 Å². The van der Waals surface area contributed by atoms with E-state index in [1.54, 1.807) is 28.9 Å². The molecular formula is C27H28N4O3S. The van der Waals surface area contributed by atoms with Crippen LogP contribution in [0.15, 0.2) is 95.9 Å². The number of nitrogens with one attached hydrogen (secondary N) is 1. The Morgan fingerprint density at radius 1 is 0.943 bits per heavy atom. The molecule has 180 valence electrons. The topological polar surface area (TPSA) is 84.3 Å². The minimum Gasteiger partial charge on any atom is -0.309 e. The fourth-order valence-electron chi connectivity index (χ4n) is 3.72. The molecule has 0 aliphatic carbocycles. The number of anilines is 1. The number of carbonyl (C=O) groups excluding carboxylic acids is 1. The Morgan fingerprint density at radius 3 is 2.20 bits per heavy atom. The summed E-state index contributed by atoms with van der Waals surface area (Å²) in [7, 11) is -3.81. The lowest BCUT2D eigenvalue weighted by Gasteiger charge is -2.21. The zero-order valence-electron chi connectivity index (χ0n) is 19.8. The average molecular weight is 489 g/mol. The third kappa shape index (κ3) is 5.67. The Hall–Kier alpha value is -3.75. The van der Waals surface area contributed by atoms with Gasteiger partial charge in [0.1, 0.15) is 5.82 Å². The molecular weight excluding hydrogens is 460 g/mol. The van der Waals surface area contributed by atoms with Crippen molar-refractivity contribution in [2.45, 2.75) is 25.2 Å². The first-order valence-electron chi connectivity index (χ1n) is 11.5. The van der Waals surface area contributed by atoms with Gasteiger partial charge in [0.05, 0.1) is 22.8 Å². The first-order chi connectivity index (χ1) is 16.9. The lowest BCUT2D eigenvalue weighted by atomic mass is 10.1. The largest absolute Gasteiger partial charge is 0.309 e. The lowest BCUT2D eigenvalue weighted by molar-refractivity contribution is -0.116. The van der Waals surface area contributed by atoms with Gasteiger partial charge >= 0.3 is 0 Å². The van der Waals surface area contributed by atoms with Crippen molar-refractivity contribution in [1.29, 1.82) is 0 Å². The van der Waals surface area contributed by atoms with E-state index in [9.17, 15) is 13.2 Å². The third-order valence-corrected chi connectivity index (χ3v) is 7.36. The van der Waals surface area contributed by atoms with Crippen molar-refractivity contribution < 1.29 is 13.2 Å². The van der Waals surface area contributed by atoms with Gasteiger partial charge in [0.25, 0.3) is 0 Å². The smallest absolute Gasteiger partial charge is 0.243 e. The number of amides is 1. The molecule has 0 aliphatic rings. The zero-order valence-corrected chi connectivity index (χ0v) is 20.6. The summed E-state index contributed by atoms with van der Waals surface area (Å²) < 4.78 is 29.2. The van der Waals surface area contributed by atoms with Crippen molar-refractivity contribution in [2.24, 2.45) is 0 Å². The third-order valence-electron chi connectivity index (χ3n) is 5.50. The standard InChI is InChI=1S/C27H28N4O3S/c1-3-18-30(35(33,34)24-12-8-5-9-13-24)20-27(32)28-26-19-25(22-10-6-4-7-11-22)29-31(26)23-16-14-21(2)15-17-23/h4-17,19H,3,18,20H2,1-2H3,(H,28,32). The van der Waals surface area contributed by atoms with E-state index in [0.29, 0.717) is 17.9 Å². The van der Waals surface area contributed by atoms with Crippen LogP contribution in [-0.4, -0.2) is 41.5 Å². The van der Waals surface area contributed by atoms with Gasteiger partial charge in [-0.15, -0.1) is 0 Å². The number of hydrogen-bond donors (Lipinski definition) is 1. The molecule has 4 rings (SSSR count). The molecule has 0 atom stereocenters. The van der Waals surface area contributed by atoms with Crippen molar-refractivity contribution in [3.63, 3.8) is 0 Å². The van der Waals surface area contributed by atoms with Crippen LogP contribution in [0.2, 0.25) is 0 Å². The summed E-state index contributed by atoms with van der Waals surface area (Å²) in [5.74, 6) is 0.0251. The molecule has 0 radical (unpaired) electrons. The number of carbonyl (C=O) groups is 1. The monoisotopic (exact) mass is 488 g/mol. The van der Waals surface area contributed by atoms with Gasteiger partial charge in [-0.2, -0.15) is 9.40 Å². The van der Waals surface area contributed by atoms with Crippen LogP contribution >= 0.6 is 0 Å². The number of rotatable bonds is 9. The van der Waals surface area contributed by atoms with Gasteiger partial charge in [-0.05, 0) is 37.6 Å². The molecule has 1 amide bonds. The number of aromatic nitrogens is 2. The maximum absolute atomic E-state index is 13.1. The number of nitrogens with zero attached hydrogens (tertiary/aromatic N) is 3. The Morgan fingerprint density at radius 2 is 1.57 bits per heavy atom. The number of hydrogen-bond acceptors (Lipinski definition) is 4. The SMILES string of the molecule is CCCN(CC(=O)Nc1cc(-c2ccccc2)nn1-c1ccc(C)cc1)S(=O)(=O)c1ccccc1. The highest BCUT2D eigenvalue weighted by atomic mass is 32.2. The van der Waals surface area contributed by atoms with Gasteiger partial charge in [-0.25, -0.2) is 13.1 Å². The van der Waals surface area contributed by atoms with E-state index in [2.05, 4.69) is 5.32 Å². The molecule has 0 aliphatic heterocycles. The van der Waals surface area contributed by atoms with E-state index in [4.69, 9.17) is 5.10 Å².